The van der Waals surface area contributed by atoms with E-state index in [4.69, 9.17) is 0 Å². The Labute approximate surface area is 186 Å². The van der Waals surface area contributed by atoms with Gasteiger partial charge in [0.2, 0.25) is 10.0 Å². The molecule has 0 aliphatic heterocycles. The van der Waals surface area contributed by atoms with Gasteiger partial charge in [0.05, 0.1) is 18.2 Å². The number of aliphatic carboxylic acids is 1. The maximum absolute atomic E-state index is 12.6. The number of carboxylic acid groups (broad SMARTS) is 1. The number of rotatable bonds is 9. The third kappa shape index (κ3) is 6.92. The molecule has 0 spiro atoms. The zero-order valence-electron chi connectivity index (χ0n) is 17.4. The monoisotopic (exact) mass is 453 g/mol. The molecular formula is C23H23N3O5S. The minimum atomic E-state index is -3.48. The minimum Gasteiger partial charge on any atom is -0.481 e. The summed E-state index contributed by atoms with van der Waals surface area (Å²) in [5, 5.41) is 12.0. The Morgan fingerprint density at radius 3 is 2.19 bits per heavy atom. The number of carboxylic acids is 1. The van der Waals surface area contributed by atoms with Crippen molar-refractivity contribution in [3.05, 3.63) is 84.1 Å². The van der Waals surface area contributed by atoms with E-state index in [0.29, 0.717) is 6.42 Å². The molecular weight excluding hydrogens is 430 g/mol. The summed E-state index contributed by atoms with van der Waals surface area (Å²) in [6.45, 7) is 0. The average Bonchev–Trinajstić information content (AvgIpc) is 2.74. The molecule has 1 amide bonds. The van der Waals surface area contributed by atoms with Crippen LogP contribution in [0.1, 0.15) is 22.3 Å². The summed E-state index contributed by atoms with van der Waals surface area (Å²) in [5.74, 6) is -1.43. The molecule has 0 bridgehead atoms. The van der Waals surface area contributed by atoms with Gasteiger partial charge in [-0.2, -0.15) is 0 Å². The predicted molar refractivity (Wildman–Crippen MR) is 122 cm³/mol. The van der Waals surface area contributed by atoms with E-state index in [1.165, 1.54) is 18.3 Å². The summed E-state index contributed by atoms with van der Waals surface area (Å²) in [6, 6.07) is 19.8. The van der Waals surface area contributed by atoms with Crippen molar-refractivity contribution in [3.63, 3.8) is 0 Å². The van der Waals surface area contributed by atoms with Crippen molar-refractivity contribution in [1.29, 1.82) is 0 Å². The average molecular weight is 454 g/mol. The second kappa shape index (κ2) is 10.1. The van der Waals surface area contributed by atoms with Gasteiger partial charge in [-0.3, -0.25) is 14.3 Å². The highest BCUT2D eigenvalue weighted by atomic mass is 32.2. The van der Waals surface area contributed by atoms with Crippen molar-refractivity contribution in [2.45, 2.75) is 18.9 Å². The van der Waals surface area contributed by atoms with Gasteiger partial charge in [-0.05, 0) is 35.2 Å². The first-order valence-electron chi connectivity index (χ1n) is 9.80. The molecule has 1 heterocycles. The Bertz CT molecular complexity index is 1180. The molecule has 3 rings (SSSR count). The number of anilines is 1. The van der Waals surface area contributed by atoms with E-state index in [0.717, 1.165) is 22.9 Å². The molecule has 3 N–H and O–H groups in total. The van der Waals surface area contributed by atoms with Crippen molar-refractivity contribution in [2.24, 2.45) is 0 Å². The lowest BCUT2D eigenvalue weighted by molar-refractivity contribution is -0.137. The first-order chi connectivity index (χ1) is 15.2. The van der Waals surface area contributed by atoms with Gasteiger partial charge in [0, 0.05) is 12.2 Å². The van der Waals surface area contributed by atoms with Crippen LogP contribution in [0.25, 0.3) is 11.1 Å². The van der Waals surface area contributed by atoms with E-state index in [9.17, 15) is 23.1 Å². The number of nitrogens with zero attached hydrogens (tertiary/aromatic N) is 1. The molecule has 1 atom stereocenters. The Balaban J connectivity index is 1.68. The maximum Gasteiger partial charge on any atom is 0.305 e. The molecule has 0 fully saturated rings. The molecule has 0 aliphatic rings. The number of carbonyl (C=O) groups excluding carboxylic acids is 1. The van der Waals surface area contributed by atoms with Crippen LogP contribution in [-0.4, -0.2) is 42.7 Å². The van der Waals surface area contributed by atoms with Crippen LogP contribution in [-0.2, 0) is 21.2 Å². The normalized spacial score (nSPS) is 12.0. The third-order valence-corrected chi connectivity index (χ3v) is 5.19. The van der Waals surface area contributed by atoms with Crippen molar-refractivity contribution >= 4 is 27.7 Å². The molecule has 166 valence electrons. The van der Waals surface area contributed by atoms with Gasteiger partial charge in [0.1, 0.15) is 5.82 Å². The predicted octanol–water partition coefficient (Wildman–Crippen LogP) is 2.94. The number of pyridine rings is 1. The molecule has 0 radical (unpaired) electrons. The minimum absolute atomic E-state index is 0.0876. The van der Waals surface area contributed by atoms with Crippen LogP contribution in [0.3, 0.4) is 0 Å². The Morgan fingerprint density at radius 1 is 0.969 bits per heavy atom. The summed E-state index contributed by atoms with van der Waals surface area (Å²) in [6.07, 6.45) is 2.33. The second-order valence-corrected chi connectivity index (χ2v) is 9.09. The van der Waals surface area contributed by atoms with Gasteiger partial charge in [-0.25, -0.2) is 13.4 Å². The fraction of sp³-hybridized carbons (Fsp3) is 0.174. The lowest BCUT2D eigenvalue weighted by Crippen LogP contribution is -2.38. The van der Waals surface area contributed by atoms with E-state index in [2.05, 4.69) is 15.0 Å². The summed E-state index contributed by atoms with van der Waals surface area (Å²) < 4.78 is 24.7. The number of amides is 1. The van der Waals surface area contributed by atoms with Gasteiger partial charge >= 0.3 is 5.97 Å². The van der Waals surface area contributed by atoms with Crippen molar-refractivity contribution in [1.82, 2.24) is 10.3 Å². The van der Waals surface area contributed by atoms with Gasteiger partial charge in [0.15, 0.2) is 0 Å². The van der Waals surface area contributed by atoms with E-state index in [-0.39, 0.29) is 17.8 Å². The molecule has 9 heteroatoms. The van der Waals surface area contributed by atoms with Crippen molar-refractivity contribution in [3.8, 4) is 11.1 Å². The van der Waals surface area contributed by atoms with Crippen LogP contribution >= 0.6 is 0 Å². The molecule has 0 saturated carbocycles. The highest BCUT2D eigenvalue weighted by Crippen LogP contribution is 2.20. The second-order valence-electron chi connectivity index (χ2n) is 7.34. The molecule has 0 unspecified atom stereocenters. The highest BCUT2D eigenvalue weighted by Gasteiger charge is 2.18. The maximum atomic E-state index is 12.6. The largest absolute Gasteiger partial charge is 0.481 e. The van der Waals surface area contributed by atoms with Gasteiger partial charge in [-0.1, -0.05) is 54.6 Å². The lowest BCUT2D eigenvalue weighted by atomic mass is 9.99. The summed E-state index contributed by atoms with van der Waals surface area (Å²) >= 11 is 0. The van der Waals surface area contributed by atoms with Crippen LogP contribution in [0, 0.1) is 0 Å². The SMILES string of the molecule is CS(=O)(=O)Nc1ccc(C(=O)N[C@@H](CC(=O)O)Cc2ccc(-c3ccccc3)cc2)cn1. The Morgan fingerprint density at radius 2 is 1.62 bits per heavy atom. The van der Waals surface area contributed by atoms with Crippen LogP contribution in [0.2, 0.25) is 0 Å². The number of hydrogen-bond acceptors (Lipinski definition) is 5. The van der Waals surface area contributed by atoms with Gasteiger partial charge in [0.25, 0.3) is 5.91 Å². The first-order valence-corrected chi connectivity index (χ1v) is 11.7. The van der Waals surface area contributed by atoms with Crippen molar-refractivity contribution < 1.29 is 23.1 Å². The standard InChI is InChI=1S/C23H23N3O5S/c1-32(30,31)26-21-12-11-19(15-24-21)23(29)25-20(14-22(27)28)13-16-7-9-18(10-8-16)17-5-3-2-4-6-17/h2-12,15,20H,13-14H2,1H3,(H,24,26)(H,25,29)(H,27,28)/t20-/m1/s1. The van der Waals surface area contributed by atoms with E-state index >= 15 is 0 Å². The number of benzene rings is 2. The van der Waals surface area contributed by atoms with Crippen molar-refractivity contribution in [2.75, 3.05) is 11.0 Å². The lowest BCUT2D eigenvalue weighted by Gasteiger charge is -2.17. The molecule has 32 heavy (non-hydrogen) atoms. The van der Waals surface area contributed by atoms with Gasteiger partial charge < -0.3 is 10.4 Å². The highest BCUT2D eigenvalue weighted by molar-refractivity contribution is 7.92. The Kier molecular flexibility index (Phi) is 7.21. The zero-order valence-corrected chi connectivity index (χ0v) is 18.2. The molecule has 2 aromatic carbocycles. The fourth-order valence-corrected chi connectivity index (χ4v) is 3.68. The molecule has 0 saturated heterocycles. The first kappa shape index (κ1) is 23.0. The summed E-state index contributed by atoms with van der Waals surface area (Å²) in [4.78, 5) is 27.8. The fourth-order valence-electron chi connectivity index (χ4n) is 3.18. The van der Waals surface area contributed by atoms with Crippen LogP contribution < -0.4 is 10.0 Å². The van der Waals surface area contributed by atoms with Crippen LogP contribution in [0.5, 0.6) is 0 Å². The van der Waals surface area contributed by atoms with Crippen LogP contribution in [0.15, 0.2) is 72.9 Å². The van der Waals surface area contributed by atoms with E-state index in [1.807, 2.05) is 54.6 Å². The van der Waals surface area contributed by atoms with E-state index < -0.39 is 27.9 Å². The zero-order chi connectivity index (χ0) is 23.1. The topological polar surface area (TPSA) is 125 Å². The number of carbonyl (C=O) groups is 2. The summed E-state index contributed by atoms with van der Waals surface area (Å²) in [7, 11) is -3.48. The number of nitrogens with one attached hydrogen (secondary N) is 2. The number of aromatic nitrogens is 1. The number of sulfonamides is 1. The summed E-state index contributed by atoms with van der Waals surface area (Å²) in [5.41, 5.74) is 3.21. The van der Waals surface area contributed by atoms with Gasteiger partial charge in [-0.15, -0.1) is 0 Å². The molecule has 3 aromatic rings. The molecule has 8 nitrogen and oxygen atoms in total. The smallest absolute Gasteiger partial charge is 0.305 e. The number of hydrogen-bond donors (Lipinski definition) is 3. The third-order valence-electron chi connectivity index (χ3n) is 4.62. The Hall–Kier alpha value is -3.72. The van der Waals surface area contributed by atoms with E-state index in [1.54, 1.807) is 0 Å². The van der Waals surface area contributed by atoms with Crippen LogP contribution in [0.4, 0.5) is 5.82 Å². The molecule has 0 aliphatic carbocycles. The quantitative estimate of drug-likeness (QED) is 0.457. The molecule has 1 aromatic heterocycles.